The molecule has 122 valence electrons. The van der Waals surface area contributed by atoms with Crippen LogP contribution in [-0.2, 0) is 24.1 Å². The van der Waals surface area contributed by atoms with Crippen molar-refractivity contribution in [3.63, 3.8) is 0 Å². The van der Waals surface area contributed by atoms with Gasteiger partial charge in [0, 0.05) is 32.9 Å². The van der Waals surface area contributed by atoms with Gasteiger partial charge in [0.2, 0.25) is 10.0 Å². The molecule has 1 atom stereocenters. The zero-order chi connectivity index (χ0) is 15.5. The van der Waals surface area contributed by atoms with E-state index in [1.54, 1.807) is 0 Å². The molecule has 8 nitrogen and oxygen atoms in total. The van der Waals surface area contributed by atoms with Crippen molar-refractivity contribution in [2.45, 2.75) is 24.8 Å². The summed E-state index contributed by atoms with van der Waals surface area (Å²) in [5, 5.41) is 3.05. The van der Waals surface area contributed by atoms with Crippen molar-refractivity contribution >= 4 is 22.4 Å². The van der Waals surface area contributed by atoms with Crippen LogP contribution < -0.4 is 21.3 Å². The Labute approximate surface area is 129 Å². The zero-order valence-electron chi connectivity index (χ0n) is 12.4. The van der Waals surface area contributed by atoms with E-state index in [0.29, 0.717) is 6.54 Å². The molecule has 0 saturated carbocycles. The number of nitrogens with zero attached hydrogens (tertiary/aromatic N) is 2. The number of aryl methyl sites for hydroxylation is 1. The summed E-state index contributed by atoms with van der Waals surface area (Å²) in [6, 6.07) is -0.0637. The molecule has 0 bridgehead atoms. The van der Waals surface area contributed by atoms with Crippen LogP contribution in [0.15, 0.2) is 20.7 Å². The molecule has 0 aliphatic heterocycles. The molecule has 0 spiro atoms. The number of hydrogen-bond acceptors (Lipinski definition) is 5. The van der Waals surface area contributed by atoms with Gasteiger partial charge in [-0.1, -0.05) is 6.92 Å². The number of likely N-dealkylation sites (N-methyl/N-ethyl adjacent to an activating group) is 1. The van der Waals surface area contributed by atoms with Crippen LogP contribution in [0.5, 0.6) is 0 Å². The molecule has 0 aliphatic rings. The lowest BCUT2D eigenvalue weighted by Gasteiger charge is -2.14. The Balaban J connectivity index is 0.00000400. The number of sulfonamides is 1. The van der Waals surface area contributed by atoms with Crippen LogP contribution in [0.4, 0.5) is 0 Å². The molecule has 0 fully saturated rings. The van der Waals surface area contributed by atoms with Gasteiger partial charge in [-0.2, -0.15) is 0 Å². The highest BCUT2D eigenvalue weighted by Crippen LogP contribution is 1.99. The number of halogens is 1. The molecule has 2 N–H and O–H groups in total. The Morgan fingerprint density at radius 2 is 1.86 bits per heavy atom. The molecular formula is C11H21ClN4O4S. The Hall–Kier alpha value is -1.16. The molecule has 10 heteroatoms. The van der Waals surface area contributed by atoms with E-state index in [0.717, 1.165) is 15.3 Å². The van der Waals surface area contributed by atoms with E-state index in [1.807, 2.05) is 13.8 Å². The quantitative estimate of drug-likeness (QED) is 0.676. The Bertz CT molecular complexity index is 695. The summed E-state index contributed by atoms with van der Waals surface area (Å²) in [6.07, 6.45) is 1.03. The van der Waals surface area contributed by atoms with Crippen molar-refractivity contribution in [1.29, 1.82) is 0 Å². The molecule has 0 unspecified atom stereocenters. The normalized spacial score (nSPS) is 12.8. The van der Waals surface area contributed by atoms with Crippen LogP contribution >= 0.6 is 12.4 Å². The molecule has 1 aromatic rings. The smallest absolute Gasteiger partial charge is 0.313 e. The summed E-state index contributed by atoms with van der Waals surface area (Å²) in [5.74, 6) is 0. The van der Waals surface area contributed by atoms with E-state index in [1.165, 1.54) is 14.1 Å². The lowest BCUT2D eigenvalue weighted by atomic mass is 10.3. The summed E-state index contributed by atoms with van der Waals surface area (Å²) >= 11 is 0. The topological polar surface area (TPSA) is 102 Å². The lowest BCUT2D eigenvalue weighted by molar-refractivity contribution is 0.532. The van der Waals surface area contributed by atoms with Gasteiger partial charge in [-0.25, -0.2) is 17.9 Å². The highest BCUT2D eigenvalue weighted by atomic mass is 35.5. The number of rotatable bonds is 6. The third-order valence-electron chi connectivity index (χ3n) is 2.84. The minimum Gasteiger partial charge on any atom is -0.313 e. The predicted octanol–water partition coefficient (Wildman–Crippen LogP) is -1.22. The van der Waals surface area contributed by atoms with Crippen LogP contribution in [0, 0.1) is 0 Å². The first-order chi connectivity index (χ1) is 9.20. The first kappa shape index (κ1) is 19.8. The maximum atomic E-state index is 12.1. The second-order valence-corrected chi connectivity index (χ2v) is 6.30. The van der Waals surface area contributed by atoms with Crippen LogP contribution in [0.1, 0.15) is 13.8 Å². The molecule has 0 radical (unpaired) electrons. The summed E-state index contributed by atoms with van der Waals surface area (Å²) < 4.78 is 28.4. The first-order valence-electron chi connectivity index (χ1n) is 6.20. The van der Waals surface area contributed by atoms with Crippen molar-refractivity contribution < 1.29 is 8.42 Å². The number of hydrogen-bond donors (Lipinski definition) is 2. The van der Waals surface area contributed by atoms with Crippen molar-refractivity contribution in [2.75, 3.05) is 13.1 Å². The molecule has 0 saturated heterocycles. The summed E-state index contributed by atoms with van der Waals surface area (Å²) in [5.41, 5.74) is -1.41. The fraction of sp³-hybridized carbons (Fsp3) is 0.636. The molecule has 1 aromatic heterocycles. The Morgan fingerprint density at radius 3 is 2.38 bits per heavy atom. The average molecular weight is 341 g/mol. The Morgan fingerprint density at radius 1 is 1.29 bits per heavy atom. The van der Waals surface area contributed by atoms with E-state index in [2.05, 4.69) is 10.0 Å². The highest BCUT2D eigenvalue weighted by molar-refractivity contribution is 7.89. The first-order valence-corrected chi connectivity index (χ1v) is 7.68. The van der Waals surface area contributed by atoms with Gasteiger partial charge < -0.3 is 9.88 Å². The van der Waals surface area contributed by atoms with Gasteiger partial charge >= 0.3 is 5.69 Å². The lowest BCUT2D eigenvalue weighted by Crippen LogP contribution is -2.44. The van der Waals surface area contributed by atoms with Gasteiger partial charge in [0.05, 0.1) is 0 Å². The Kier molecular flexibility index (Phi) is 7.31. The maximum Gasteiger partial charge on any atom is 0.330 e. The molecule has 1 rings (SSSR count). The number of nitrogens with one attached hydrogen (secondary N) is 2. The van der Waals surface area contributed by atoms with Gasteiger partial charge in [-0.3, -0.25) is 9.36 Å². The van der Waals surface area contributed by atoms with Crippen LogP contribution in [0.3, 0.4) is 0 Å². The summed E-state index contributed by atoms with van der Waals surface area (Å²) in [6.45, 7) is 4.60. The van der Waals surface area contributed by atoms with E-state index < -0.39 is 26.2 Å². The van der Waals surface area contributed by atoms with Crippen molar-refractivity contribution in [3.05, 3.63) is 27.0 Å². The van der Waals surface area contributed by atoms with Crippen molar-refractivity contribution in [3.8, 4) is 0 Å². The van der Waals surface area contributed by atoms with Gasteiger partial charge in [0.25, 0.3) is 5.56 Å². The van der Waals surface area contributed by atoms with E-state index in [9.17, 15) is 18.0 Å². The van der Waals surface area contributed by atoms with Crippen LogP contribution in [0.2, 0.25) is 0 Å². The maximum absolute atomic E-state index is 12.1. The highest BCUT2D eigenvalue weighted by Gasteiger charge is 2.21. The second kappa shape index (κ2) is 7.74. The fourth-order valence-electron chi connectivity index (χ4n) is 1.69. The van der Waals surface area contributed by atoms with E-state index in [4.69, 9.17) is 0 Å². The number of aromatic nitrogens is 2. The third-order valence-corrected chi connectivity index (χ3v) is 4.24. The molecule has 0 amide bonds. The van der Waals surface area contributed by atoms with E-state index in [-0.39, 0.29) is 25.0 Å². The van der Waals surface area contributed by atoms with Crippen molar-refractivity contribution in [1.82, 2.24) is 19.2 Å². The predicted molar refractivity (Wildman–Crippen MR) is 82.5 cm³/mol. The van der Waals surface area contributed by atoms with Gasteiger partial charge in [-0.05, 0) is 13.5 Å². The third kappa shape index (κ3) is 4.67. The SMILES string of the molecule is CCN[C@H](C)CNS(=O)(=O)c1cn(C)c(=O)n(C)c1=O.Cl. The minimum absolute atomic E-state index is 0. The zero-order valence-corrected chi connectivity index (χ0v) is 14.0. The summed E-state index contributed by atoms with van der Waals surface area (Å²) in [7, 11) is -1.32. The van der Waals surface area contributed by atoms with Crippen LogP contribution in [0.25, 0.3) is 0 Å². The molecule has 0 aliphatic carbocycles. The monoisotopic (exact) mass is 340 g/mol. The molecule has 1 heterocycles. The standard InChI is InChI=1S/C11H20N4O4S.ClH/c1-5-12-8(2)6-13-20(18,19)9-7-14(3)11(17)15(4)10(9)16;/h7-8,12-13H,5-6H2,1-4H3;1H/t8-;/m1./s1. The molecule has 21 heavy (non-hydrogen) atoms. The molecule has 0 aromatic carbocycles. The minimum atomic E-state index is -3.95. The van der Waals surface area contributed by atoms with Crippen LogP contribution in [-0.4, -0.2) is 36.7 Å². The van der Waals surface area contributed by atoms with E-state index >= 15 is 0 Å². The second-order valence-electron chi connectivity index (χ2n) is 4.56. The van der Waals surface area contributed by atoms with Crippen molar-refractivity contribution in [2.24, 2.45) is 14.1 Å². The fourth-order valence-corrected chi connectivity index (χ4v) is 2.98. The van der Waals surface area contributed by atoms with Gasteiger partial charge in [0.15, 0.2) is 4.90 Å². The average Bonchev–Trinajstić information content (AvgIpc) is 2.38. The summed E-state index contributed by atoms with van der Waals surface area (Å²) in [4.78, 5) is 23.0. The van der Waals surface area contributed by atoms with Gasteiger partial charge in [-0.15, -0.1) is 12.4 Å². The largest absolute Gasteiger partial charge is 0.330 e. The molecular weight excluding hydrogens is 320 g/mol. The van der Waals surface area contributed by atoms with Gasteiger partial charge in [0.1, 0.15) is 0 Å².